The SMILES string of the molecule is Cc1nc(OCc2ccc(F)cc2F)c(Br)c(=O)n1Cc1cccc(CBr)c1. The quantitative estimate of drug-likeness (QED) is 0.430. The molecule has 4 nitrogen and oxygen atoms in total. The number of aryl methyl sites for hydroxylation is 1. The second-order valence-corrected chi connectivity index (χ2v) is 7.50. The highest BCUT2D eigenvalue weighted by atomic mass is 79.9. The summed E-state index contributed by atoms with van der Waals surface area (Å²) in [5.74, 6) is -0.848. The van der Waals surface area contributed by atoms with Crippen LogP contribution in [0.2, 0.25) is 0 Å². The van der Waals surface area contributed by atoms with Crippen LogP contribution in [-0.4, -0.2) is 9.55 Å². The van der Waals surface area contributed by atoms with Crippen LogP contribution in [0.1, 0.15) is 22.5 Å². The van der Waals surface area contributed by atoms with E-state index in [-0.39, 0.29) is 28.1 Å². The largest absolute Gasteiger partial charge is 0.472 e. The summed E-state index contributed by atoms with van der Waals surface area (Å²) in [5.41, 5.74) is 1.95. The van der Waals surface area contributed by atoms with Crippen LogP contribution < -0.4 is 10.3 Å². The summed E-state index contributed by atoms with van der Waals surface area (Å²) in [6.07, 6.45) is 0. The number of ether oxygens (including phenoxy) is 1. The zero-order valence-corrected chi connectivity index (χ0v) is 18.1. The van der Waals surface area contributed by atoms with Gasteiger partial charge in [-0.25, -0.2) is 8.78 Å². The van der Waals surface area contributed by atoms with Crippen molar-refractivity contribution in [3.8, 4) is 5.88 Å². The van der Waals surface area contributed by atoms with E-state index in [1.165, 1.54) is 10.6 Å². The Kier molecular flexibility index (Phi) is 6.61. The first kappa shape index (κ1) is 20.7. The molecule has 28 heavy (non-hydrogen) atoms. The van der Waals surface area contributed by atoms with Gasteiger partial charge in [-0.3, -0.25) is 9.36 Å². The van der Waals surface area contributed by atoms with Crippen LogP contribution in [0.5, 0.6) is 5.88 Å². The molecule has 0 aliphatic rings. The maximum Gasteiger partial charge on any atom is 0.272 e. The topological polar surface area (TPSA) is 44.1 Å². The first-order chi connectivity index (χ1) is 13.4. The van der Waals surface area contributed by atoms with Crippen LogP contribution >= 0.6 is 31.9 Å². The molecule has 0 radical (unpaired) electrons. The zero-order valence-electron chi connectivity index (χ0n) is 14.9. The van der Waals surface area contributed by atoms with Crippen molar-refractivity contribution in [1.29, 1.82) is 0 Å². The second-order valence-electron chi connectivity index (χ2n) is 6.15. The highest BCUT2D eigenvalue weighted by Gasteiger charge is 2.15. The number of halogens is 4. The molecule has 1 aromatic heterocycles. The lowest BCUT2D eigenvalue weighted by Crippen LogP contribution is -2.25. The molecule has 3 aromatic rings. The van der Waals surface area contributed by atoms with Gasteiger partial charge < -0.3 is 4.74 Å². The van der Waals surface area contributed by atoms with Gasteiger partial charge in [0.15, 0.2) is 0 Å². The van der Waals surface area contributed by atoms with E-state index < -0.39 is 11.6 Å². The summed E-state index contributed by atoms with van der Waals surface area (Å²) in [5, 5.41) is 0.726. The van der Waals surface area contributed by atoms with E-state index >= 15 is 0 Å². The van der Waals surface area contributed by atoms with Crippen molar-refractivity contribution in [3.05, 3.63) is 91.4 Å². The Morgan fingerprint density at radius 3 is 2.61 bits per heavy atom. The number of nitrogens with zero attached hydrogens (tertiary/aromatic N) is 2. The van der Waals surface area contributed by atoms with Gasteiger partial charge in [0.25, 0.3) is 5.56 Å². The Hall–Kier alpha value is -2.06. The Bertz CT molecular complexity index is 1070. The predicted molar refractivity (Wildman–Crippen MR) is 110 cm³/mol. The highest BCUT2D eigenvalue weighted by molar-refractivity contribution is 9.10. The molecule has 1 heterocycles. The van der Waals surface area contributed by atoms with Crippen molar-refractivity contribution >= 4 is 31.9 Å². The van der Waals surface area contributed by atoms with Gasteiger partial charge >= 0.3 is 0 Å². The predicted octanol–water partition coefficient (Wildman–Crippen LogP) is 5.11. The van der Waals surface area contributed by atoms with Crippen LogP contribution in [0.3, 0.4) is 0 Å². The number of alkyl halides is 1. The molecular formula is C20H16Br2F2N2O2. The third-order valence-electron chi connectivity index (χ3n) is 4.14. The fourth-order valence-corrected chi connectivity index (χ4v) is 3.44. The van der Waals surface area contributed by atoms with Crippen molar-refractivity contribution in [1.82, 2.24) is 9.55 Å². The maximum atomic E-state index is 13.8. The molecule has 8 heteroatoms. The average Bonchev–Trinajstić information content (AvgIpc) is 2.68. The van der Waals surface area contributed by atoms with Gasteiger partial charge in [-0.15, -0.1) is 0 Å². The smallest absolute Gasteiger partial charge is 0.272 e. The maximum absolute atomic E-state index is 13.8. The van der Waals surface area contributed by atoms with Crippen LogP contribution in [0, 0.1) is 18.6 Å². The van der Waals surface area contributed by atoms with Gasteiger partial charge in [0.1, 0.15) is 28.5 Å². The molecular weight excluding hydrogens is 498 g/mol. The molecule has 0 N–H and O–H groups in total. The lowest BCUT2D eigenvalue weighted by molar-refractivity contribution is 0.282. The molecule has 3 rings (SSSR count). The van der Waals surface area contributed by atoms with Gasteiger partial charge in [-0.2, -0.15) is 4.98 Å². The first-order valence-corrected chi connectivity index (χ1v) is 10.3. The van der Waals surface area contributed by atoms with E-state index in [4.69, 9.17) is 4.74 Å². The van der Waals surface area contributed by atoms with Crippen molar-refractivity contribution in [3.63, 3.8) is 0 Å². The van der Waals surface area contributed by atoms with E-state index in [0.29, 0.717) is 12.4 Å². The van der Waals surface area contributed by atoms with Crippen molar-refractivity contribution in [2.45, 2.75) is 25.4 Å². The molecule has 0 spiro atoms. The minimum Gasteiger partial charge on any atom is -0.472 e. The monoisotopic (exact) mass is 512 g/mol. The van der Waals surface area contributed by atoms with Crippen LogP contribution in [0.25, 0.3) is 0 Å². The number of rotatable bonds is 6. The third kappa shape index (κ3) is 4.67. The van der Waals surface area contributed by atoms with Gasteiger partial charge in [0, 0.05) is 17.0 Å². The molecule has 0 amide bonds. The van der Waals surface area contributed by atoms with E-state index in [2.05, 4.69) is 36.8 Å². The van der Waals surface area contributed by atoms with E-state index in [9.17, 15) is 13.6 Å². The Balaban J connectivity index is 1.84. The van der Waals surface area contributed by atoms with Gasteiger partial charge in [-0.05, 0) is 46.1 Å². The summed E-state index contributed by atoms with van der Waals surface area (Å²) >= 11 is 6.65. The molecule has 0 aliphatic heterocycles. The molecule has 2 aromatic carbocycles. The Morgan fingerprint density at radius 2 is 1.89 bits per heavy atom. The molecule has 0 saturated carbocycles. The van der Waals surface area contributed by atoms with Crippen molar-refractivity contribution in [2.24, 2.45) is 0 Å². The summed E-state index contributed by atoms with van der Waals surface area (Å²) in [6, 6.07) is 11.1. The Labute approximate surface area is 177 Å². The highest BCUT2D eigenvalue weighted by Crippen LogP contribution is 2.21. The normalized spacial score (nSPS) is 10.9. The third-order valence-corrected chi connectivity index (χ3v) is 5.47. The van der Waals surface area contributed by atoms with Gasteiger partial charge in [-0.1, -0.05) is 40.2 Å². The molecule has 146 valence electrons. The fraction of sp³-hybridized carbons (Fsp3) is 0.200. The molecule has 0 unspecified atom stereocenters. The zero-order chi connectivity index (χ0) is 20.3. The number of benzene rings is 2. The Morgan fingerprint density at radius 1 is 1.14 bits per heavy atom. The summed E-state index contributed by atoms with van der Waals surface area (Å²) in [6.45, 7) is 1.89. The summed E-state index contributed by atoms with van der Waals surface area (Å²) in [7, 11) is 0. The first-order valence-electron chi connectivity index (χ1n) is 8.36. The number of hydrogen-bond acceptors (Lipinski definition) is 3. The minimum atomic E-state index is -0.715. The summed E-state index contributed by atoms with van der Waals surface area (Å²) in [4.78, 5) is 17.1. The van der Waals surface area contributed by atoms with E-state index in [1.807, 2.05) is 24.3 Å². The fourth-order valence-electron chi connectivity index (χ4n) is 2.67. The van der Waals surface area contributed by atoms with Crippen LogP contribution in [0.4, 0.5) is 8.78 Å². The van der Waals surface area contributed by atoms with Crippen molar-refractivity contribution < 1.29 is 13.5 Å². The number of hydrogen-bond donors (Lipinski definition) is 0. The molecule has 0 atom stereocenters. The standard InChI is InChI=1S/C20H16Br2F2N2O2/c1-12-25-19(28-11-15-5-6-16(23)8-17(15)24)18(22)20(27)26(12)10-14-4-2-3-13(7-14)9-21/h2-8H,9-11H2,1H3. The minimum absolute atomic E-state index is 0.0664. The lowest BCUT2D eigenvalue weighted by Gasteiger charge is -2.14. The van der Waals surface area contributed by atoms with Crippen LogP contribution in [-0.2, 0) is 18.5 Å². The second kappa shape index (κ2) is 8.96. The van der Waals surface area contributed by atoms with Gasteiger partial charge in [0.2, 0.25) is 5.88 Å². The lowest BCUT2D eigenvalue weighted by atomic mass is 10.1. The van der Waals surface area contributed by atoms with Gasteiger partial charge in [0.05, 0.1) is 6.54 Å². The molecule has 0 saturated heterocycles. The molecule has 0 aliphatic carbocycles. The van der Waals surface area contributed by atoms with E-state index in [1.54, 1.807) is 6.92 Å². The van der Waals surface area contributed by atoms with Crippen LogP contribution in [0.15, 0.2) is 51.7 Å². The van der Waals surface area contributed by atoms with Crippen molar-refractivity contribution in [2.75, 3.05) is 0 Å². The van der Waals surface area contributed by atoms with E-state index in [0.717, 1.165) is 28.6 Å². The average molecular weight is 514 g/mol. The molecule has 0 bridgehead atoms. The molecule has 0 fully saturated rings. The number of aromatic nitrogens is 2. The summed E-state index contributed by atoms with van der Waals surface area (Å²) < 4.78 is 34.0.